The lowest BCUT2D eigenvalue weighted by Crippen LogP contribution is -2.57. The summed E-state index contributed by atoms with van der Waals surface area (Å²) >= 11 is 1.85. The Kier molecular flexibility index (Phi) is 6.80. The van der Waals surface area contributed by atoms with Gasteiger partial charge >= 0.3 is 0 Å². The summed E-state index contributed by atoms with van der Waals surface area (Å²) in [5.41, 5.74) is 0. The Bertz CT molecular complexity index is 416. The van der Waals surface area contributed by atoms with Crippen LogP contribution in [0.4, 0.5) is 0 Å². The molecule has 0 amide bonds. The van der Waals surface area contributed by atoms with Crippen LogP contribution in [-0.4, -0.2) is 66.8 Å². The molecular formula is C14H29N3O2S2. The van der Waals surface area contributed by atoms with Crippen molar-refractivity contribution < 1.29 is 8.42 Å². The first kappa shape index (κ1) is 17.5. The maximum absolute atomic E-state index is 13.0. The molecule has 2 aliphatic rings. The Balaban J connectivity index is 2.07. The van der Waals surface area contributed by atoms with E-state index in [0.29, 0.717) is 13.1 Å². The molecule has 2 fully saturated rings. The molecule has 0 bridgehead atoms. The highest BCUT2D eigenvalue weighted by Crippen LogP contribution is 2.26. The standard InChI is InChI=1S/C14H29N3O2S2/c1-3-7-15-11-14-6-4-5-8-17(14)21(18,19)16-9-10-20-12-13(16)2/h13-15H,3-12H2,1-2H3. The van der Waals surface area contributed by atoms with Crippen molar-refractivity contribution in [2.75, 3.05) is 37.7 Å². The molecule has 5 nitrogen and oxygen atoms in total. The van der Waals surface area contributed by atoms with Crippen molar-refractivity contribution in [2.24, 2.45) is 0 Å². The zero-order valence-corrected chi connectivity index (χ0v) is 14.9. The van der Waals surface area contributed by atoms with Crippen molar-refractivity contribution in [3.8, 4) is 0 Å². The van der Waals surface area contributed by atoms with Gasteiger partial charge in [-0.25, -0.2) is 0 Å². The van der Waals surface area contributed by atoms with Crippen LogP contribution in [0.5, 0.6) is 0 Å². The lowest BCUT2D eigenvalue weighted by Gasteiger charge is -2.41. The van der Waals surface area contributed by atoms with Crippen molar-refractivity contribution in [3.05, 3.63) is 0 Å². The maximum Gasteiger partial charge on any atom is 0.282 e. The summed E-state index contributed by atoms with van der Waals surface area (Å²) in [5, 5.41) is 3.39. The molecule has 0 aliphatic carbocycles. The highest BCUT2D eigenvalue weighted by molar-refractivity contribution is 7.99. The maximum atomic E-state index is 13.0. The van der Waals surface area contributed by atoms with Crippen LogP contribution in [0.25, 0.3) is 0 Å². The van der Waals surface area contributed by atoms with Gasteiger partial charge in [0.15, 0.2) is 0 Å². The van der Waals surface area contributed by atoms with Crippen LogP contribution < -0.4 is 5.32 Å². The Morgan fingerprint density at radius 2 is 2.05 bits per heavy atom. The molecule has 2 saturated heterocycles. The zero-order valence-electron chi connectivity index (χ0n) is 13.3. The van der Waals surface area contributed by atoms with Crippen LogP contribution in [0.15, 0.2) is 0 Å². The molecule has 0 aromatic carbocycles. The normalized spacial score (nSPS) is 29.6. The average Bonchev–Trinajstić information content (AvgIpc) is 2.48. The third kappa shape index (κ3) is 4.34. The Morgan fingerprint density at radius 1 is 1.24 bits per heavy atom. The van der Waals surface area contributed by atoms with Gasteiger partial charge in [0.2, 0.25) is 0 Å². The van der Waals surface area contributed by atoms with Gasteiger partial charge in [-0.15, -0.1) is 0 Å². The second-order valence-corrected chi connectivity index (χ2v) is 8.99. The fourth-order valence-corrected chi connectivity index (χ4v) is 6.38. The van der Waals surface area contributed by atoms with E-state index in [1.54, 1.807) is 8.61 Å². The van der Waals surface area contributed by atoms with E-state index in [0.717, 1.165) is 50.3 Å². The molecule has 0 saturated carbocycles. The minimum Gasteiger partial charge on any atom is -0.315 e. The number of hydrogen-bond acceptors (Lipinski definition) is 4. The van der Waals surface area contributed by atoms with Crippen LogP contribution >= 0.6 is 11.8 Å². The van der Waals surface area contributed by atoms with E-state index >= 15 is 0 Å². The van der Waals surface area contributed by atoms with Crippen LogP contribution in [-0.2, 0) is 10.2 Å². The summed E-state index contributed by atoms with van der Waals surface area (Å²) in [6.45, 7) is 7.23. The Hall–Kier alpha value is 0.180. The van der Waals surface area contributed by atoms with Gasteiger partial charge < -0.3 is 5.32 Å². The lowest BCUT2D eigenvalue weighted by atomic mass is 10.1. The quantitative estimate of drug-likeness (QED) is 0.748. The van der Waals surface area contributed by atoms with Crippen molar-refractivity contribution >= 4 is 22.0 Å². The van der Waals surface area contributed by atoms with Gasteiger partial charge in [-0.1, -0.05) is 13.3 Å². The summed E-state index contributed by atoms with van der Waals surface area (Å²) in [5.74, 6) is 1.82. The highest BCUT2D eigenvalue weighted by atomic mass is 32.2. The van der Waals surface area contributed by atoms with E-state index in [4.69, 9.17) is 0 Å². The van der Waals surface area contributed by atoms with E-state index in [1.165, 1.54) is 0 Å². The fraction of sp³-hybridized carbons (Fsp3) is 1.00. The summed E-state index contributed by atoms with van der Waals surface area (Å²) in [6, 6.07) is 0.233. The van der Waals surface area contributed by atoms with Crippen molar-refractivity contribution in [3.63, 3.8) is 0 Å². The second kappa shape index (κ2) is 8.15. The molecule has 124 valence electrons. The molecule has 0 spiro atoms. The summed E-state index contributed by atoms with van der Waals surface area (Å²) in [4.78, 5) is 0. The number of nitrogens with zero attached hydrogens (tertiary/aromatic N) is 2. The van der Waals surface area contributed by atoms with E-state index in [-0.39, 0.29) is 12.1 Å². The van der Waals surface area contributed by atoms with Gasteiger partial charge in [0.25, 0.3) is 10.2 Å². The minimum absolute atomic E-state index is 0.111. The molecule has 2 unspecified atom stereocenters. The van der Waals surface area contributed by atoms with Crippen molar-refractivity contribution in [1.82, 2.24) is 13.9 Å². The van der Waals surface area contributed by atoms with Crippen LogP contribution in [0.1, 0.15) is 39.5 Å². The smallest absolute Gasteiger partial charge is 0.282 e. The van der Waals surface area contributed by atoms with Gasteiger partial charge in [-0.3, -0.25) is 0 Å². The number of nitrogens with one attached hydrogen (secondary N) is 1. The van der Waals surface area contributed by atoms with Crippen LogP contribution in [0.3, 0.4) is 0 Å². The van der Waals surface area contributed by atoms with Gasteiger partial charge in [0.1, 0.15) is 0 Å². The van der Waals surface area contributed by atoms with Crippen LogP contribution in [0.2, 0.25) is 0 Å². The second-order valence-electron chi connectivity index (χ2n) is 6.01. The monoisotopic (exact) mass is 335 g/mol. The summed E-state index contributed by atoms with van der Waals surface area (Å²) in [7, 11) is -3.31. The molecule has 2 heterocycles. The average molecular weight is 336 g/mol. The molecule has 21 heavy (non-hydrogen) atoms. The molecule has 2 atom stereocenters. The molecule has 0 aromatic heterocycles. The predicted molar refractivity (Wildman–Crippen MR) is 89.9 cm³/mol. The number of piperidine rings is 1. The van der Waals surface area contributed by atoms with Crippen molar-refractivity contribution in [1.29, 1.82) is 0 Å². The summed E-state index contributed by atoms with van der Waals surface area (Å²) in [6.07, 6.45) is 4.18. The van der Waals surface area contributed by atoms with Gasteiger partial charge in [0, 0.05) is 43.2 Å². The van der Waals surface area contributed by atoms with Crippen molar-refractivity contribution in [2.45, 2.75) is 51.6 Å². The van der Waals surface area contributed by atoms with E-state index in [9.17, 15) is 8.42 Å². The highest BCUT2D eigenvalue weighted by Gasteiger charge is 2.39. The van der Waals surface area contributed by atoms with Gasteiger partial charge in [-0.2, -0.15) is 28.8 Å². The minimum atomic E-state index is -3.31. The Morgan fingerprint density at radius 3 is 2.76 bits per heavy atom. The first-order valence-electron chi connectivity index (χ1n) is 8.14. The van der Waals surface area contributed by atoms with E-state index < -0.39 is 10.2 Å². The van der Waals surface area contributed by atoms with Crippen LogP contribution in [0, 0.1) is 0 Å². The largest absolute Gasteiger partial charge is 0.315 e. The topological polar surface area (TPSA) is 52.7 Å². The molecule has 0 radical (unpaired) electrons. The lowest BCUT2D eigenvalue weighted by molar-refractivity contribution is 0.220. The molecule has 2 rings (SSSR count). The molecule has 1 N–H and O–H groups in total. The first-order chi connectivity index (χ1) is 10.1. The zero-order chi connectivity index (χ0) is 15.3. The number of thioether (sulfide) groups is 1. The first-order valence-corrected chi connectivity index (χ1v) is 10.7. The van der Waals surface area contributed by atoms with E-state index in [2.05, 4.69) is 12.2 Å². The van der Waals surface area contributed by atoms with Gasteiger partial charge in [-0.05, 0) is 32.7 Å². The predicted octanol–water partition coefficient (Wildman–Crippen LogP) is 1.52. The van der Waals surface area contributed by atoms with E-state index in [1.807, 2.05) is 18.7 Å². The fourth-order valence-electron chi connectivity index (χ4n) is 3.12. The molecule has 7 heteroatoms. The number of rotatable bonds is 6. The molecule has 0 aromatic rings. The molecule has 2 aliphatic heterocycles. The number of hydrogen-bond donors (Lipinski definition) is 1. The third-order valence-corrected chi connectivity index (χ3v) is 7.68. The summed E-state index contributed by atoms with van der Waals surface area (Å²) < 4.78 is 29.5. The molecular weight excluding hydrogens is 306 g/mol. The third-order valence-electron chi connectivity index (χ3n) is 4.28. The Labute approximate surface area is 134 Å². The van der Waals surface area contributed by atoms with Gasteiger partial charge in [0.05, 0.1) is 0 Å². The SMILES string of the molecule is CCCNCC1CCCCN1S(=O)(=O)N1CCSCC1C.